The number of fused-ring (bicyclic) bond motifs is 11. The van der Waals surface area contributed by atoms with Gasteiger partial charge in [0.05, 0.1) is 5.69 Å². The van der Waals surface area contributed by atoms with Crippen LogP contribution in [0.25, 0.3) is 55.3 Å². The zero-order valence-corrected chi connectivity index (χ0v) is 34.2. The fraction of sp³-hybridized carbons (Fsp3) is 0.276. The zero-order valence-electron chi connectivity index (χ0n) is 34.2. The highest BCUT2D eigenvalue weighted by atomic mass is 16.3. The van der Waals surface area contributed by atoms with Gasteiger partial charge in [-0.25, -0.2) is 0 Å². The number of nitrogens with zero attached hydrogens (tertiary/aromatic N) is 1. The van der Waals surface area contributed by atoms with Crippen molar-refractivity contribution in [3.8, 4) is 33.4 Å². The molecule has 2 heteroatoms. The molecule has 5 fully saturated rings. The Morgan fingerprint density at radius 1 is 0.467 bits per heavy atom. The Morgan fingerprint density at radius 3 is 1.88 bits per heavy atom. The van der Waals surface area contributed by atoms with E-state index in [9.17, 15) is 0 Å². The van der Waals surface area contributed by atoms with E-state index in [1.54, 1.807) is 22.3 Å². The lowest BCUT2D eigenvalue weighted by molar-refractivity contribution is -0.0397. The minimum atomic E-state index is 0.0443. The van der Waals surface area contributed by atoms with Crippen molar-refractivity contribution in [3.63, 3.8) is 0 Å². The van der Waals surface area contributed by atoms with Crippen molar-refractivity contribution in [1.82, 2.24) is 0 Å². The van der Waals surface area contributed by atoms with Crippen molar-refractivity contribution in [3.05, 3.63) is 174 Å². The molecule has 0 saturated heterocycles. The summed E-state index contributed by atoms with van der Waals surface area (Å²) < 4.78 is 6.56. The van der Waals surface area contributed by atoms with Crippen LogP contribution in [-0.2, 0) is 10.8 Å². The highest BCUT2D eigenvalue weighted by Crippen LogP contribution is 2.71. The fourth-order valence-corrected chi connectivity index (χ4v) is 14.8. The van der Waals surface area contributed by atoms with Crippen LogP contribution in [0.1, 0.15) is 86.5 Å². The van der Waals surface area contributed by atoms with Crippen LogP contribution < -0.4 is 4.90 Å². The third kappa shape index (κ3) is 4.40. The van der Waals surface area contributed by atoms with E-state index < -0.39 is 0 Å². The SMILES string of the molecule is c1ccc2c(c1)-c1ccc(N(c3ccc(-c4cccc5c4oc4ccccc45)cc3)c3cccc4c3C3(c5ccccc5-4)C4CC5CC(C4)CC3C5)cc1C21CCCCC1. The number of para-hydroxylation sites is 2. The summed E-state index contributed by atoms with van der Waals surface area (Å²) in [6, 6.07) is 58.3. The first-order chi connectivity index (χ1) is 29.7. The van der Waals surface area contributed by atoms with Gasteiger partial charge in [0.25, 0.3) is 0 Å². The molecule has 7 aliphatic carbocycles. The summed E-state index contributed by atoms with van der Waals surface area (Å²) >= 11 is 0. The van der Waals surface area contributed by atoms with Gasteiger partial charge in [-0.3, -0.25) is 0 Å². The van der Waals surface area contributed by atoms with Gasteiger partial charge >= 0.3 is 0 Å². The van der Waals surface area contributed by atoms with Gasteiger partial charge in [-0.2, -0.15) is 0 Å². The van der Waals surface area contributed by atoms with Gasteiger partial charge in [0.1, 0.15) is 11.2 Å². The summed E-state index contributed by atoms with van der Waals surface area (Å²) in [5.74, 6) is 3.16. The maximum absolute atomic E-state index is 6.56. The Hall–Kier alpha value is -5.86. The topological polar surface area (TPSA) is 16.4 Å². The molecule has 0 aliphatic heterocycles. The van der Waals surface area contributed by atoms with Crippen molar-refractivity contribution in [2.45, 2.75) is 75.0 Å². The van der Waals surface area contributed by atoms with Gasteiger partial charge in [0, 0.05) is 38.5 Å². The molecule has 15 rings (SSSR count). The summed E-state index contributed by atoms with van der Waals surface area (Å²) in [4.78, 5) is 2.68. The van der Waals surface area contributed by atoms with E-state index in [4.69, 9.17) is 4.42 Å². The number of benzene rings is 7. The van der Waals surface area contributed by atoms with Crippen molar-refractivity contribution in [2.75, 3.05) is 4.90 Å². The van der Waals surface area contributed by atoms with E-state index in [2.05, 4.69) is 157 Å². The molecule has 1 heterocycles. The number of furan rings is 1. The second kappa shape index (κ2) is 12.4. The van der Waals surface area contributed by atoms with Crippen LogP contribution in [0, 0.1) is 23.7 Å². The van der Waals surface area contributed by atoms with E-state index in [0.717, 1.165) is 28.6 Å². The number of rotatable bonds is 4. The summed E-state index contributed by atoms with van der Waals surface area (Å²) in [5.41, 5.74) is 20.3. The molecule has 7 aliphatic rings. The maximum Gasteiger partial charge on any atom is 0.143 e. The van der Waals surface area contributed by atoms with Crippen LogP contribution in [0.3, 0.4) is 0 Å². The molecule has 4 bridgehead atoms. The molecule has 60 heavy (non-hydrogen) atoms. The van der Waals surface area contributed by atoms with Crippen LogP contribution in [-0.4, -0.2) is 0 Å². The van der Waals surface area contributed by atoms with E-state index >= 15 is 0 Å². The lowest BCUT2D eigenvalue weighted by Crippen LogP contribution is -2.55. The van der Waals surface area contributed by atoms with Gasteiger partial charge in [-0.15, -0.1) is 0 Å². The second-order valence-corrected chi connectivity index (χ2v) is 19.5. The Balaban J connectivity index is 0.995. The fourth-order valence-electron chi connectivity index (χ4n) is 14.8. The molecule has 8 aromatic rings. The Morgan fingerprint density at radius 2 is 1.08 bits per heavy atom. The first-order valence-electron chi connectivity index (χ1n) is 23.0. The lowest BCUT2D eigenvalue weighted by Gasteiger charge is -2.61. The summed E-state index contributed by atoms with van der Waals surface area (Å²) in [6.07, 6.45) is 13.3. The monoisotopic (exact) mass is 775 g/mol. The minimum Gasteiger partial charge on any atom is -0.455 e. The van der Waals surface area contributed by atoms with Crippen molar-refractivity contribution in [1.29, 1.82) is 0 Å². The number of hydrogen-bond donors (Lipinski definition) is 0. The van der Waals surface area contributed by atoms with Crippen molar-refractivity contribution in [2.24, 2.45) is 23.7 Å². The van der Waals surface area contributed by atoms with Gasteiger partial charge in [0.2, 0.25) is 0 Å². The molecule has 292 valence electrons. The first kappa shape index (κ1) is 33.9. The van der Waals surface area contributed by atoms with E-state index in [-0.39, 0.29) is 10.8 Å². The van der Waals surface area contributed by atoms with Crippen molar-refractivity contribution < 1.29 is 4.42 Å². The Bertz CT molecular complexity index is 3020. The standard InChI is InChI=1S/C58H49NO/c1-8-28-57(29-9-1)50-18-5-2-12-44(50)46-27-26-42(35-52(46)57)59(41-24-22-38(23-25-41)43-15-10-17-49-47-14-4-7-21-54(47)60-56(43)49)53-20-11-16-48-45-13-3-6-19-51(45)58(55(48)53)39-31-36-30-37(33-39)34-40(58)32-36/h2-7,10-27,35-37,39-40H,1,8-9,28-34H2. The Labute approximate surface area is 352 Å². The molecule has 1 aromatic heterocycles. The minimum absolute atomic E-state index is 0.0443. The maximum atomic E-state index is 6.56. The van der Waals surface area contributed by atoms with Crippen LogP contribution in [0.4, 0.5) is 17.1 Å². The predicted octanol–water partition coefficient (Wildman–Crippen LogP) is 15.7. The van der Waals surface area contributed by atoms with Crippen LogP contribution in [0.2, 0.25) is 0 Å². The lowest BCUT2D eigenvalue weighted by atomic mass is 9.43. The average molecular weight is 776 g/mol. The summed E-state index contributed by atoms with van der Waals surface area (Å²) in [5, 5.41) is 2.34. The molecule has 5 saturated carbocycles. The third-order valence-corrected chi connectivity index (χ3v) is 16.8. The average Bonchev–Trinajstić information content (AvgIpc) is 3.91. The number of hydrogen-bond acceptors (Lipinski definition) is 2. The highest BCUT2D eigenvalue weighted by Gasteiger charge is 2.62. The first-order valence-corrected chi connectivity index (χ1v) is 23.0. The third-order valence-electron chi connectivity index (χ3n) is 16.8. The zero-order chi connectivity index (χ0) is 39.2. The van der Waals surface area contributed by atoms with Gasteiger partial charge < -0.3 is 9.32 Å². The van der Waals surface area contributed by atoms with Crippen LogP contribution in [0.5, 0.6) is 0 Å². The van der Waals surface area contributed by atoms with Crippen LogP contribution >= 0.6 is 0 Å². The van der Waals surface area contributed by atoms with Gasteiger partial charge in [0.15, 0.2) is 0 Å². The van der Waals surface area contributed by atoms with Crippen LogP contribution in [0.15, 0.2) is 156 Å². The normalized spacial score (nSPS) is 24.9. The highest BCUT2D eigenvalue weighted by molar-refractivity contribution is 6.09. The number of anilines is 3. The molecule has 2 nitrogen and oxygen atoms in total. The molecule has 2 spiro atoms. The predicted molar refractivity (Wildman–Crippen MR) is 246 cm³/mol. The van der Waals surface area contributed by atoms with E-state index in [1.165, 1.54) is 120 Å². The summed E-state index contributed by atoms with van der Waals surface area (Å²) in [7, 11) is 0. The molecule has 0 N–H and O–H groups in total. The quantitative estimate of drug-likeness (QED) is 0.177. The molecule has 0 atom stereocenters. The van der Waals surface area contributed by atoms with E-state index in [1.807, 2.05) is 0 Å². The second-order valence-electron chi connectivity index (χ2n) is 19.5. The van der Waals surface area contributed by atoms with Gasteiger partial charge in [-0.05, 0) is 155 Å². The molecular weight excluding hydrogens is 727 g/mol. The molecule has 0 radical (unpaired) electrons. The van der Waals surface area contributed by atoms with Crippen molar-refractivity contribution >= 4 is 39.0 Å². The van der Waals surface area contributed by atoms with Gasteiger partial charge in [-0.1, -0.05) is 135 Å². The van der Waals surface area contributed by atoms with E-state index in [0.29, 0.717) is 11.8 Å². The summed E-state index contributed by atoms with van der Waals surface area (Å²) in [6.45, 7) is 0. The molecule has 0 amide bonds. The molecule has 0 unspecified atom stereocenters. The largest absolute Gasteiger partial charge is 0.455 e. The Kier molecular flexibility index (Phi) is 6.98. The molecular formula is C58H49NO. The smallest absolute Gasteiger partial charge is 0.143 e. The molecule has 7 aromatic carbocycles.